The van der Waals surface area contributed by atoms with Crippen molar-refractivity contribution >= 4 is 22.0 Å². The van der Waals surface area contributed by atoms with Crippen LogP contribution in [0.3, 0.4) is 0 Å². The van der Waals surface area contributed by atoms with Crippen LogP contribution in [0.25, 0.3) is 0 Å². The van der Waals surface area contributed by atoms with Gasteiger partial charge in [-0.15, -0.1) is 0 Å². The Balaban J connectivity index is 2.67. The third-order valence-electron chi connectivity index (χ3n) is 2.24. The van der Waals surface area contributed by atoms with Crippen molar-refractivity contribution in [3.63, 3.8) is 0 Å². The normalized spacial score (nSPS) is 11.2. The number of halogens is 2. The van der Waals surface area contributed by atoms with Crippen LogP contribution >= 0.6 is 15.9 Å². The molecule has 1 amide bonds. The summed E-state index contributed by atoms with van der Waals surface area (Å²) in [6.45, 7) is 7.45. The minimum absolute atomic E-state index is 0.233. The van der Waals surface area contributed by atoms with E-state index in [0.29, 0.717) is 10.0 Å². The zero-order chi connectivity index (χ0) is 13.9. The first-order valence-corrected chi connectivity index (χ1v) is 6.40. The Bertz CT molecular complexity index is 455. The molecule has 18 heavy (non-hydrogen) atoms. The number of rotatable bonds is 2. The third-order valence-corrected chi connectivity index (χ3v) is 3.06. The zero-order valence-corrected chi connectivity index (χ0v) is 12.5. The Morgan fingerprint density at radius 3 is 2.61 bits per heavy atom. The van der Waals surface area contributed by atoms with Crippen LogP contribution in [0.1, 0.15) is 31.9 Å². The molecule has 0 atom stereocenters. The molecule has 0 heterocycles. The van der Waals surface area contributed by atoms with Crippen molar-refractivity contribution in [2.24, 2.45) is 0 Å². The van der Waals surface area contributed by atoms with Gasteiger partial charge in [0.2, 0.25) is 0 Å². The van der Waals surface area contributed by atoms with Crippen LogP contribution in [0.5, 0.6) is 0 Å². The molecule has 1 N–H and O–H groups in total. The summed E-state index contributed by atoms with van der Waals surface area (Å²) in [6, 6.07) is 2.80. The van der Waals surface area contributed by atoms with Gasteiger partial charge >= 0.3 is 6.09 Å². The van der Waals surface area contributed by atoms with Gasteiger partial charge in [-0.25, -0.2) is 9.18 Å². The van der Waals surface area contributed by atoms with Crippen LogP contribution in [-0.4, -0.2) is 11.7 Å². The average Bonchev–Trinajstić information content (AvgIpc) is 2.18. The molecule has 0 aliphatic carbocycles. The van der Waals surface area contributed by atoms with Crippen molar-refractivity contribution in [2.45, 2.75) is 39.8 Å². The predicted octanol–water partition coefficient (Wildman–Crippen LogP) is 3.92. The van der Waals surface area contributed by atoms with Crippen LogP contribution in [0.15, 0.2) is 16.6 Å². The maximum Gasteiger partial charge on any atom is 0.407 e. The number of hydrogen-bond donors (Lipinski definition) is 1. The van der Waals surface area contributed by atoms with Crippen molar-refractivity contribution in [3.8, 4) is 0 Å². The topological polar surface area (TPSA) is 38.3 Å². The van der Waals surface area contributed by atoms with Crippen LogP contribution in [0.2, 0.25) is 0 Å². The molecular weight excluding hydrogens is 301 g/mol. The van der Waals surface area contributed by atoms with E-state index in [1.165, 1.54) is 12.1 Å². The van der Waals surface area contributed by atoms with Gasteiger partial charge in [0, 0.05) is 11.0 Å². The highest BCUT2D eigenvalue weighted by molar-refractivity contribution is 9.10. The highest BCUT2D eigenvalue weighted by Gasteiger charge is 2.16. The molecule has 0 fully saturated rings. The molecule has 0 radical (unpaired) electrons. The van der Waals surface area contributed by atoms with E-state index < -0.39 is 11.7 Å². The van der Waals surface area contributed by atoms with Gasteiger partial charge in [-0.1, -0.05) is 15.9 Å². The number of hydrogen-bond acceptors (Lipinski definition) is 2. The van der Waals surface area contributed by atoms with Crippen molar-refractivity contribution in [1.82, 2.24) is 5.32 Å². The molecular formula is C13H17BrFNO2. The molecule has 3 nitrogen and oxygen atoms in total. The number of amides is 1. The maximum atomic E-state index is 13.2. The minimum Gasteiger partial charge on any atom is -0.444 e. The second kappa shape index (κ2) is 5.69. The smallest absolute Gasteiger partial charge is 0.407 e. The van der Waals surface area contributed by atoms with Gasteiger partial charge in [0.05, 0.1) is 0 Å². The highest BCUT2D eigenvalue weighted by Crippen LogP contribution is 2.21. The molecule has 0 saturated carbocycles. The fraction of sp³-hybridized carbons (Fsp3) is 0.462. The summed E-state index contributed by atoms with van der Waals surface area (Å²) in [4.78, 5) is 11.5. The number of carbonyl (C=O) groups is 1. The Morgan fingerprint density at radius 1 is 1.44 bits per heavy atom. The average molecular weight is 318 g/mol. The molecule has 1 aromatic carbocycles. The van der Waals surface area contributed by atoms with Crippen molar-refractivity contribution < 1.29 is 13.9 Å². The summed E-state index contributed by atoms with van der Waals surface area (Å²) in [5, 5.41) is 2.60. The largest absolute Gasteiger partial charge is 0.444 e. The van der Waals surface area contributed by atoms with Gasteiger partial charge in [-0.05, 0) is 51.0 Å². The molecule has 0 aliphatic heterocycles. The zero-order valence-electron chi connectivity index (χ0n) is 10.9. The Kier molecular flexibility index (Phi) is 4.73. The quantitative estimate of drug-likeness (QED) is 0.897. The fourth-order valence-corrected chi connectivity index (χ4v) is 1.84. The fourth-order valence-electron chi connectivity index (χ4n) is 1.36. The van der Waals surface area contributed by atoms with Gasteiger partial charge in [-0.3, -0.25) is 0 Å². The summed E-state index contributed by atoms with van der Waals surface area (Å²) >= 11 is 3.27. The molecule has 0 aromatic heterocycles. The first-order chi connectivity index (χ1) is 8.19. The van der Waals surface area contributed by atoms with Crippen LogP contribution < -0.4 is 5.32 Å². The lowest BCUT2D eigenvalue weighted by Crippen LogP contribution is -2.32. The number of nitrogens with one attached hydrogen (secondary N) is 1. The van der Waals surface area contributed by atoms with E-state index in [1.54, 1.807) is 20.8 Å². The summed E-state index contributed by atoms with van der Waals surface area (Å²) in [5.74, 6) is -0.339. The second-order valence-electron chi connectivity index (χ2n) is 5.03. The number of carbonyl (C=O) groups excluding carboxylic acids is 1. The lowest BCUT2D eigenvalue weighted by Gasteiger charge is -2.20. The van der Waals surface area contributed by atoms with Gasteiger partial charge < -0.3 is 10.1 Å². The van der Waals surface area contributed by atoms with E-state index in [1.807, 2.05) is 6.92 Å². The van der Waals surface area contributed by atoms with E-state index in [4.69, 9.17) is 4.74 Å². The second-order valence-corrected chi connectivity index (χ2v) is 5.88. The monoisotopic (exact) mass is 317 g/mol. The van der Waals surface area contributed by atoms with Gasteiger partial charge in [0.15, 0.2) is 0 Å². The number of alkyl carbamates (subject to hydrolysis) is 1. The summed E-state index contributed by atoms with van der Waals surface area (Å²) in [5.41, 5.74) is 1.07. The summed E-state index contributed by atoms with van der Waals surface area (Å²) in [7, 11) is 0. The SMILES string of the molecule is Cc1c(Br)cc(F)cc1CNC(=O)OC(C)(C)C. The first-order valence-electron chi connectivity index (χ1n) is 5.60. The van der Waals surface area contributed by atoms with Gasteiger partial charge in [0.25, 0.3) is 0 Å². The first kappa shape index (κ1) is 15.0. The molecule has 0 saturated heterocycles. The molecule has 0 spiro atoms. The van der Waals surface area contributed by atoms with Crippen molar-refractivity contribution in [2.75, 3.05) is 0 Å². The molecule has 0 unspecified atom stereocenters. The standard InChI is InChI=1S/C13H17BrFNO2/c1-8-9(5-10(15)6-11(8)14)7-16-12(17)18-13(2,3)4/h5-6H,7H2,1-4H3,(H,16,17). The van der Waals surface area contributed by atoms with Crippen molar-refractivity contribution in [3.05, 3.63) is 33.5 Å². The Hall–Kier alpha value is -1.10. The van der Waals surface area contributed by atoms with E-state index >= 15 is 0 Å². The summed E-state index contributed by atoms with van der Waals surface area (Å²) in [6.07, 6.45) is -0.512. The lowest BCUT2D eigenvalue weighted by molar-refractivity contribution is 0.0523. The van der Waals surface area contributed by atoms with E-state index in [0.717, 1.165) is 5.56 Å². The molecule has 1 aromatic rings. The minimum atomic E-state index is -0.540. The number of benzene rings is 1. The molecule has 100 valence electrons. The summed E-state index contributed by atoms with van der Waals surface area (Å²) < 4.78 is 19.0. The lowest BCUT2D eigenvalue weighted by atomic mass is 10.1. The van der Waals surface area contributed by atoms with E-state index in [2.05, 4.69) is 21.2 Å². The molecule has 5 heteroatoms. The van der Waals surface area contributed by atoms with Crippen LogP contribution in [0.4, 0.5) is 9.18 Å². The van der Waals surface area contributed by atoms with Gasteiger partial charge in [0.1, 0.15) is 11.4 Å². The third kappa shape index (κ3) is 4.64. The van der Waals surface area contributed by atoms with Crippen molar-refractivity contribution in [1.29, 1.82) is 0 Å². The molecule has 1 rings (SSSR count). The highest BCUT2D eigenvalue weighted by atomic mass is 79.9. The van der Waals surface area contributed by atoms with Crippen LogP contribution in [-0.2, 0) is 11.3 Å². The number of ether oxygens (including phenoxy) is 1. The predicted molar refractivity (Wildman–Crippen MR) is 71.9 cm³/mol. The Labute approximate surface area is 115 Å². The van der Waals surface area contributed by atoms with E-state index in [-0.39, 0.29) is 12.4 Å². The Morgan fingerprint density at radius 2 is 2.06 bits per heavy atom. The van der Waals surface area contributed by atoms with E-state index in [9.17, 15) is 9.18 Å². The maximum absolute atomic E-state index is 13.2. The molecule has 0 bridgehead atoms. The van der Waals surface area contributed by atoms with Crippen LogP contribution in [0, 0.1) is 12.7 Å². The molecule has 0 aliphatic rings. The van der Waals surface area contributed by atoms with Gasteiger partial charge in [-0.2, -0.15) is 0 Å².